The number of ether oxygens (including phenoxy) is 2. The minimum atomic E-state index is -0.576. The van der Waals surface area contributed by atoms with E-state index in [4.69, 9.17) is 14.5 Å². The number of benzene rings is 2. The van der Waals surface area contributed by atoms with Crippen LogP contribution in [0, 0.1) is 32.5 Å². The molecular formula is C35H45FN6O4. The molecule has 1 saturated heterocycles. The molecular weight excluding hydrogens is 587 g/mol. The molecule has 46 heavy (non-hydrogen) atoms. The minimum Gasteiger partial charge on any atom is -0.465 e. The number of amides is 1. The average Bonchev–Trinajstić information content (AvgIpc) is 3.55. The van der Waals surface area contributed by atoms with Crippen LogP contribution in [0.5, 0.6) is 0 Å². The Hall–Kier alpha value is -4.41. The molecule has 0 atom stereocenters. The highest BCUT2D eigenvalue weighted by atomic mass is 19.1. The zero-order chi connectivity index (χ0) is 33.5. The van der Waals surface area contributed by atoms with Gasteiger partial charge in [-0.1, -0.05) is 26.0 Å². The zero-order valence-electron chi connectivity index (χ0n) is 28.4. The van der Waals surface area contributed by atoms with E-state index in [1.54, 1.807) is 24.9 Å². The van der Waals surface area contributed by atoms with Crippen LogP contribution in [0.4, 0.5) is 15.1 Å². The smallest absolute Gasteiger partial charge is 0.410 e. The van der Waals surface area contributed by atoms with Gasteiger partial charge in [0.15, 0.2) is 0 Å². The molecule has 11 heteroatoms. The maximum atomic E-state index is 14.6. The molecule has 0 spiro atoms. The number of hydrogen-bond donors (Lipinski definition) is 0. The normalized spacial score (nSPS) is 14.0. The number of carbonyl (C=O) groups excluding carboxylic acids is 2. The lowest BCUT2D eigenvalue weighted by molar-refractivity contribution is 0.0239. The first kappa shape index (κ1) is 33.0. The molecule has 246 valence electrons. The molecule has 1 fully saturated rings. The fourth-order valence-corrected chi connectivity index (χ4v) is 6.07. The number of aromatic nitrogens is 4. The van der Waals surface area contributed by atoms with E-state index in [0.29, 0.717) is 61.7 Å². The maximum absolute atomic E-state index is 14.6. The Bertz CT molecular complexity index is 1750. The van der Waals surface area contributed by atoms with Gasteiger partial charge in [-0.05, 0) is 81.8 Å². The monoisotopic (exact) mass is 632 g/mol. The van der Waals surface area contributed by atoms with Gasteiger partial charge in [0.25, 0.3) is 0 Å². The second-order valence-corrected chi connectivity index (χ2v) is 13.7. The molecule has 0 radical (unpaired) electrons. The summed E-state index contributed by atoms with van der Waals surface area (Å²) in [5, 5.41) is 4.59. The van der Waals surface area contributed by atoms with E-state index in [0.717, 1.165) is 33.7 Å². The standard InChI is InChI=1S/C35H45FN6O4/c1-21(2)19-42-31(27(18-37-42)32(43)45-9)26-14-22(3)15-28-30(26)38-33(41(28)20-25-16-23(4)29(36)24(5)17-25)39-10-12-40(13-11-39)34(44)46-35(6,7)8/h14-18,21H,10-13,19-20H2,1-9H3. The van der Waals surface area contributed by atoms with Gasteiger partial charge >= 0.3 is 12.1 Å². The summed E-state index contributed by atoms with van der Waals surface area (Å²) in [6, 6.07) is 7.89. The molecule has 0 bridgehead atoms. The van der Waals surface area contributed by atoms with Crippen LogP contribution in [0.3, 0.4) is 0 Å². The molecule has 1 aliphatic rings. The lowest BCUT2D eigenvalue weighted by Crippen LogP contribution is -2.50. The predicted octanol–water partition coefficient (Wildman–Crippen LogP) is 6.51. The minimum absolute atomic E-state index is 0.204. The number of rotatable bonds is 7. The molecule has 0 unspecified atom stereocenters. The van der Waals surface area contributed by atoms with E-state index in [1.165, 1.54) is 7.11 Å². The summed E-state index contributed by atoms with van der Waals surface area (Å²) in [7, 11) is 1.37. The predicted molar refractivity (Wildman–Crippen MR) is 177 cm³/mol. The van der Waals surface area contributed by atoms with Crippen molar-refractivity contribution < 1.29 is 23.5 Å². The topological polar surface area (TPSA) is 94.7 Å². The molecule has 0 saturated carbocycles. The van der Waals surface area contributed by atoms with Gasteiger partial charge in [-0.25, -0.2) is 19.0 Å². The quantitative estimate of drug-likeness (QED) is 0.214. The lowest BCUT2D eigenvalue weighted by Gasteiger charge is -2.36. The molecule has 1 aliphatic heterocycles. The third kappa shape index (κ3) is 6.73. The van der Waals surface area contributed by atoms with E-state index in [2.05, 4.69) is 34.5 Å². The van der Waals surface area contributed by atoms with Crippen LogP contribution in [0.15, 0.2) is 30.5 Å². The summed E-state index contributed by atoms with van der Waals surface area (Å²) in [4.78, 5) is 34.9. The third-order valence-electron chi connectivity index (χ3n) is 8.07. The van der Waals surface area contributed by atoms with Crippen LogP contribution in [-0.4, -0.2) is 75.2 Å². The van der Waals surface area contributed by atoms with Crippen molar-refractivity contribution in [1.29, 1.82) is 0 Å². The number of halogens is 1. The highest BCUT2D eigenvalue weighted by Gasteiger charge is 2.30. The number of carbonyl (C=O) groups is 2. The van der Waals surface area contributed by atoms with Crippen molar-refractivity contribution in [3.8, 4) is 11.3 Å². The van der Waals surface area contributed by atoms with Gasteiger partial charge in [-0.2, -0.15) is 5.10 Å². The average molecular weight is 633 g/mol. The van der Waals surface area contributed by atoms with Crippen LogP contribution in [0.1, 0.15) is 67.2 Å². The van der Waals surface area contributed by atoms with E-state index in [9.17, 15) is 14.0 Å². The van der Waals surface area contributed by atoms with Gasteiger partial charge < -0.3 is 23.8 Å². The maximum Gasteiger partial charge on any atom is 0.410 e. The Balaban J connectivity index is 1.66. The fraction of sp³-hybridized carbons (Fsp3) is 0.486. The number of methoxy groups -OCH3 is 1. The summed E-state index contributed by atoms with van der Waals surface area (Å²) < 4.78 is 29.4. The number of hydrogen-bond acceptors (Lipinski definition) is 7. The van der Waals surface area contributed by atoms with Gasteiger partial charge in [-0.15, -0.1) is 0 Å². The van der Waals surface area contributed by atoms with Crippen molar-refractivity contribution in [2.75, 3.05) is 38.2 Å². The summed E-state index contributed by atoms with van der Waals surface area (Å²) in [5.41, 5.74) is 5.97. The summed E-state index contributed by atoms with van der Waals surface area (Å²) in [5.74, 6) is 0.350. The van der Waals surface area contributed by atoms with Gasteiger partial charge in [-0.3, -0.25) is 4.68 Å². The second kappa shape index (κ2) is 12.8. The zero-order valence-corrected chi connectivity index (χ0v) is 28.4. The number of esters is 1. The summed E-state index contributed by atoms with van der Waals surface area (Å²) >= 11 is 0. The molecule has 5 rings (SSSR count). The largest absolute Gasteiger partial charge is 0.465 e. The molecule has 10 nitrogen and oxygen atoms in total. The Morgan fingerprint density at radius 2 is 1.65 bits per heavy atom. The fourth-order valence-electron chi connectivity index (χ4n) is 6.07. The number of piperazine rings is 1. The molecule has 3 heterocycles. The number of aryl methyl sites for hydroxylation is 3. The molecule has 0 N–H and O–H groups in total. The highest BCUT2D eigenvalue weighted by Crippen LogP contribution is 2.36. The van der Waals surface area contributed by atoms with Crippen molar-refractivity contribution in [1.82, 2.24) is 24.2 Å². The number of nitrogens with zero attached hydrogens (tertiary/aromatic N) is 6. The van der Waals surface area contributed by atoms with Crippen molar-refractivity contribution >= 4 is 29.0 Å². The van der Waals surface area contributed by atoms with Crippen LogP contribution >= 0.6 is 0 Å². The Morgan fingerprint density at radius 1 is 1.00 bits per heavy atom. The molecule has 2 aromatic carbocycles. The molecule has 4 aromatic rings. The van der Waals surface area contributed by atoms with Crippen molar-refractivity contribution in [3.05, 3.63) is 64.1 Å². The first-order valence-corrected chi connectivity index (χ1v) is 15.8. The molecule has 0 aliphatic carbocycles. The van der Waals surface area contributed by atoms with Gasteiger partial charge in [0.2, 0.25) is 5.95 Å². The van der Waals surface area contributed by atoms with Gasteiger partial charge in [0.1, 0.15) is 22.5 Å². The van der Waals surface area contributed by atoms with Gasteiger partial charge in [0.05, 0.1) is 31.1 Å². The Morgan fingerprint density at radius 3 is 2.24 bits per heavy atom. The van der Waals surface area contributed by atoms with E-state index < -0.39 is 11.6 Å². The van der Waals surface area contributed by atoms with Crippen molar-refractivity contribution in [2.24, 2.45) is 5.92 Å². The van der Waals surface area contributed by atoms with E-state index >= 15 is 0 Å². The lowest BCUT2D eigenvalue weighted by atomic mass is 10.0. The van der Waals surface area contributed by atoms with E-state index in [-0.39, 0.29) is 17.8 Å². The first-order chi connectivity index (χ1) is 21.7. The van der Waals surface area contributed by atoms with Crippen molar-refractivity contribution in [3.63, 3.8) is 0 Å². The Labute approximate surface area is 270 Å². The number of imidazole rings is 1. The van der Waals surface area contributed by atoms with Crippen LogP contribution < -0.4 is 4.90 Å². The second-order valence-electron chi connectivity index (χ2n) is 13.7. The van der Waals surface area contributed by atoms with Gasteiger partial charge in [0, 0.05) is 38.3 Å². The molecule has 2 aromatic heterocycles. The highest BCUT2D eigenvalue weighted by molar-refractivity contribution is 6.02. The van der Waals surface area contributed by atoms with Crippen LogP contribution in [0.25, 0.3) is 22.3 Å². The van der Waals surface area contributed by atoms with Crippen molar-refractivity contribution in [2.45, 2.75) is 74.1 Å². The van der Waals surface area contributed by atoms with Crippen LogP contribution in [-0.2, 0) is 22.6 Å². The summed E-state index contributed by atoms with van der Waals surface area (Å²) in [6.07, 6.45) is 1.24. The first-order valence-electron chi connectivity index (χ1n) is 15.8. The van der Waals surface area contributed by atoms with Crippen LogP contribution in [0.2, 0.25) is 0 Å². The third-order valence-corrected chi connectivity index (χ3v) is 8.07. The summed E-state index contributed by atoms with van der Waals surface area (Å²) in [6.45, 7) is 18.5. The van der Waals surface area contributed by atoms with E-state index in [1.807, 2.05) is 50.6 Å². The number of fused-ring (bicyclic) bond motifs is 1. The molecule has 1 amide bonds. The SMILES string of the molecule is COC(=O)c1cnn(CC(C)C)c1-c1cc(C)cc2c1nc(N1CCN(C(=O)OC(C)(C)C)CC1)n2Cc1cc(C)c(F)c(C)c1. The number of anilines is 1. The Kier molecular flexibility index (Phi) is 9.15.